The van der Waals surface area contributed by atoms with Crippen molar-refractivity contribution in [2.75, 3.05) is 207 Å². The van der Waals surface area contributed by atoms with Gasteiger partial charge in [-0.05, 0) is 46.2 Å². The van der Waals surface area contributed by atoms with Crippen molar-refractivity contribution in [1.29, 1.82) is 0 Å². The molecule has 3 N–H and O–H groups in total. The Morgan fingerprint density at radius 2 is 1.06 bits per heavy atom. The Balaban J connectivity index is 0.827. The number of piperazine rings is 1. The van der Waals surface area contributed by atoms with Gasteiger partial charge in [-0.2, -0.15) is 0 Å². The second kappa shape index (κ2) is 40.7. The largest absolute Gasteiger partial charge is 0.444 e. The molecule has 26 heteroatoms. The zero-order valence-corrected chi connectivity index (χ0v) is 47.7. The lowest BCUT2D eigenvalue weighted by atomic mass is 10.2. The minimum absolute atomic E-state index is 0.0428. The van der Waals surface area contributed by atoms with Crippen LogP contribution in [0.5, 0.6) is 0 Å². The number of alkyl carbamates (subject to hydrolysis) is 1. The SMILES string of the molecule is Cc1nc(Nc2ncc(C(=O)Nc3c(C)cccc3Cl)s2)cc(N2CCN(C(=O)CCOCCOCCOCCOCCOCCOCCOCCOCCOCCOCCOCCOCCNC(=O)OC(C)(C)C)CC2)n1. The molecule has 0 unspecified atom stereocenters. The van der Waals surface area contributed by atoms with Crippen LogP contribution in [-0.4, -0.2) is 235 Å². The second-order valence-corrected chi connectivity index (χ2v) is 19.5. The van der Waals surface area contributed by atoms with E-state index in [4.69, 9.17) is 73.2 Å². The predicted molar refractivity (Wildman–Crippen MR) is 294 cm³/mol. The number of carbonyl (C=O) groups excluding carboxylic acids is 3. The van der Waals surface area contributed by atoms with Crippen LogP contribution in [0.1, 0.15) is 48.3 Å². The van der Waals surface area contributed by atoms with Crippen LogP contribution in [0.4, 0.5) is 27.2 Å². The summed E-state index contributed by atoms with van der Waals surface area (Å²) in [6.07, 6.45) is 1.34. The third-order valence-corrected chi connectivity index (χ3v) is 11.9. The summed E-state index contributed by atoms with van der Waals surface area (Å²) >= 11 is 7.49. The molecule has 78 heavy (non-hydrogen) atoms. The molecule has 0 bridgehead atoms. The number of carbonyl (C=O) groups is 3. The first-order valence-electron chi connectivity index (χ1n) is 26.5. The van der Waals surface area contributed by atoms with E-state index >= 15 is 0 Å². The van der Waals surface area contributed by atoms with E-state index in [0.29, 0.717) is 230 Å². The van der Waals surface area contributed by atoms with E-state index in [1.165, 1.54) is 17.5 Å². The molecule has 0 spiro atoms. The van der Waals surface area contributed by atoms with Crippen LogP contribution in [-0.2, 0) is 66.4 Å². The number of aryl methyl sites for hydroxylation is 2. The Kier molecular flexibility index (Phi) is 34.5. The van der Waals surface area contributed by atoms with Gasteiger partial charge in [-0.3, -0.25) is 9.59 Å². The van der Waals surface area contributed by atoms with Crippen molar-refractivity contribution < 1.29 is 76.0 Å². The molecule has 1 aromatic carbocycles. The van der Waals surface area contributed by atoms with Crippen LogP contribution >= 0.6 is 22.9 Å². The lowest BCUT2D eigenvalue weighted by Crippen LogP contribution is -2.49. The number of nitrogens with one attached hydrogen (secondary N) is 3. The number of aromatic nitrogens is 3. The average molecular weight is 1140 g/mol. The van der Waals surface area contributed by atoms with Gasteiger partial charge in [-0.25, -0.2) is 19.7 Å². The molecular formula is C52H83ClN8O16S. The van der Waals surface area contributed by atoms with Crippen LogP contribution < -0.4 is 20.9 Å². The smallest absolute Gasteiger partial charge is 0.407 e. The van der Waals surface area contributed by atoms with E-state index in [9.17, 15) is 14.4 Å². The molecule has 0 atom stereocenters. The molecule has 440 valence electrons. The Morgan fingerprint density at radius 1 is 0.615 bits per heavy atom. The molecule has 0 aliphatic carbocycles. The number of anilines is 4. The van der Waals surface area contributed by atoms with Gasteiger partial charge in [0.25, 0.3) is 5.91 Å². The molecule has 1 aliphatic rings. The molecular weight excluding hydrogens is 1060 g/mol. The van der Waals surface area contributed by atoms with Crippen LogP contribution in [0, 0.1) is 13.8 Å². The van der Waals surface area contributed by atoms with E-state index in [-0.39, 0.29) is 11.8 Å². The summed E-state index contributed by atoms with van der Waals surface area (Å²) in [4.78, 5) is 55.3. The average Bonchev–Trinajstić information content (AvgIpc) is 3.90. The zero-order valence-electron chi connectivity index (χ0n) is 46.2. The van der Waals surface area contributed by atoms with Crippen molar-refractivity contribution in [1.82, 2.24) is 25.2 Å². The lowest BCUT2D eigenvalue weighted by Gasteiger charge is -2.35. The predicted octanol–water partition coefficient (Wildman–Crippen LogP) is 4.96. The number of rotatable bonds is 44. The van der Waals surface area contributed by atoms with Crippen molar-refractivity contribution in [3.63, 3.8) is 0 Å². The number of halogens is 1. The molecule has 4 rings (SSSR count). The van der Waals surface area contributed by atoms with E-state index < -0.39 is 11.7 Å². The summed E-state index contributed by atoms with van der Waals surface area (Å²) in [7, 11) is 0. The van der Waals surface area contributed by atoms with Crippen LogP contribution in [0.3, 0.4) is 0 Å². The van der Waals surface area contributed by atoms with Crippen LogP contribution in [0.25, 0.3) is 0 Å². The summed E-state index contributed by atoms with van der Waals surface area (Å²) in [5, 5.41) is 9.68. The van der Waals surface area contributed by atoms with Crippen LogP contribution in [0.15, 0.2) is 30.5 Å². The maximum atomic E-state index is 12.9. The first-order chi connectivity index (χ1) is 37.9. The first kappa shape index (κ1) is 66.1. The fourth-order valence-electron chi connectivity index (χ4n) is 6.85. The molecule has 0 saturated carbocycles. The highest BCUT2D eigenvalue weighted by molar-refractivity contribution is 7.17. The minimum Gasteiger partial charge on any atom is -0.444 e. The number of para-hydroxylation sites is 1. The lowest BCUT2D eigenvalue weighted by molar-refractivity contribution is -0.132. The summed E-state index contributed by atoms with van der Waals surface area (Å²) < 4.78 is 71.4. The summed E-state index contributed by atoms with van der Waals surface area (Å²) in [5.41, 5.74) is 0.907. The van der Waals surface area contributed by atoms with Crippen molar-refractivity contribution >= 4 is 63.3 Å². The highest BCUT2D eigenvalue weighted by atomic mass is 35.5. The van der Waals surface area contributed by atoms with Gasteiger partial charge in [0, 0.05) is 38.8 Å². The van der Waals surface area contributed by atoms with Gasteiger partial charge < -0.3 is 87.3 Å². The topological polar surface area (TPSA) is 252 Å². The fourth-order valence-corrected chi connectivity index (χ4v) is 7.84. The van der Waals surface area contributed by atoms with Crippen molar-refractivity contribution in [2.24, 2.45) is 0 Å². The molecule has 24 nitrogen and oxygen atoms in total. The number of nitrogens with zero attached hydrogens (tertiary/aromatic N) is 5. The molecule has 3 heterocycles. The third kappa shape index (κ3) is 30.8. The highest BCUT2D eigenvalue weighted by Gasteiger charge is 2.23. The number of hydrogen-bond acceptors (Lipinski definition) is 22. The van der Waals surface area contributed by atoms with E-state index in [1.807, 2.05) is 57.7 Å². The van der Waals surface area contributed by atoms with E-state index in [2.05, 4.69) is 35.8 Å². The summed E-state index contributed by atoms with van der Waals surface area (Å²) in [6.45, 7) is 22.5. The molecule has 3 amide bonds. The molecule has 3 aromatic rings. The Morgan fingerprint density at radius 3 is 1.51 bits per heavy atom. The van der Waals surface area contributed by atoms with Crippen molar-refractivity contribution in [3.05, 3.63) is 51.7 Å². The number of hydrogen-bond donors (Lipinski definition) is 3. The number of benzene rings is 1. The van der Waals surface area contributed by atoms with Gasteiger partial charge in [-0.15, -0.1) is 0 Å². The summed E-state index contributed by atoms with van der Waals surface area (Å²) in [6, 6.07) is 7.28. The maximum absolute atomic E-state index is 12.9. The standard InChI is InChI=1S/C52H83ClN8O16S/c1-41-7-6-8-43(53)48(41)59-49(63)44-40-55-50(78-44)58-45-39-46(57-42(2)56-45)60-11-13-61(14-12-60)47(62)9-15-65-17-19-67-21-23-69-25-27-71-29-31-73-33-35-75-37-38-76-36-34-74-32-30-72-28-26-70-24-22-68-20-18-66-16-10-54-51(64)77-52(3,4)5/h6-8,39-40H,9-38H2,1-5H3,(H,54,64)(H,59,63)(H,55,56,57,58). The molecule has 0 radical (unpaired) electrons. The molecule has 2 aromatic heterocycles. The molecule has 1 aliphatic heterocycles. The van der Waals surface area contributed by atoms with Crippen LogP contribution in [0.2, 0.25) is 5.02 Å². The highest BCUT2D eigenvalue weighted by Crippen LogP contribution is 2.28. The van der Waals surface area contributed by atoms with Crippen molar-refractivity contribution in [2.45, 2.75) is 46.6 Å². The zero-order chi connectivity index (χ0) is 55.9. The number of thiazole rings is 1. The summed E-state index contributed by atoms with van der Waals surface area (Å²) in [5.74, 6) is 1.61. The Bertz CT molecular complexity index is 2080. The number of ether oxygens (including phenoxy) is 13. The Labute approximate surface area is 468 Å². The van der Waals surface area contributed by atoms with Gasteiger partial charge in [0.15, 0.2) is 5.13 Å². The van der Waals surface area contributed by atoms with Gasteiger partial charge in [0.2, 0.25) is 5.91 Å². The van der Waals surface area contributed by atoms with Gasteiger partial charge >= 0.3 is 6.09 Å². The van der Waals surface area contributed by atoms with Gasteiger partial charge in [0.05, 0.1) is 182 Å². The van der Waals surface area contributed by atoms with E-state index in [1.54, 1.807) is 6.07 Å². The third-order valence-electron chi connectivity index (χ3n) is 10.7. The molecule has 1 saturated heterocycles. The van der Waals surface area contributed by atoms with Gasteiger partial charge in [-0.1, -0.05) is 35.1 Å². The van der Waals surface area contributed by atoms with Crippen molar-refractivity contribution in [3.8, 4) is 0 Å². The van der Waals surface area contributed by atoms with E-state index in [0.717, 1.165) is 11.4 Å². The Hall–Kier alpha value is -4.45. The monoisotopic (exact) mass is 1140 g/mol. The molecule has 1 fully saturated rings. The maximum Gasteiger partial charge on any atom is 0.407 e. The second-order valence-electron chi connectivity index (χ2n) is 18.1. The quantitative estimate of drug-likeness (QED) is 0.0633. The normalized spacial score (nSPS) is 12.8. The number of amides is 3. The van der Waals surface area contributed by atoms with Gasteiger partial charge in [0.1, 0.15) is 27.9 Å². The minimum atomic E-state index is -0.524. The first-order valence-corrected chi connectivity index (χ1v) is 27.6. The fraction of sp³-hybridized carbons (Fsp3) is 0.692.